The first-order valence-electron chi connectivity index (χ1n) is 22.7. The minimum atomic E-state index is -0.963. The lowest BCUT2D eigenvalue weighted by Crippen LogP contribution is -2.60. The summed E-state index contributed by atoms with van der Waals surface area (Å²) >= 11 is 0. The van der Waals surface area contributed by atoms with Crippen molar-refractivity contribution in [2.24, 2.45) is 11.8 Å². The Bertz CT molecular complexity index is 3060. The van der Waals surface area contributed by atoms with Gasteiger partial charge >= 0.3 is 12.1 Å². The van der Waals surface area contributed by atoms with E-state index in [-0.39, 0.29) is 32.5 Å². The molecule has 8 aromatic carbocycles. The monoisotopic (exact) mass is 896 g/mol. The summed E-state index contributed by atoms with van der Waals surface area (Å²) in [6.07, 6.45) is 1.01. The summed E-state index contributed by atoms with van der Waals surface area (Å²) in [4.78, 5) is 85.4. The average molecular weight is 897 g/mol. The number of rotatable bonds is 12. The van der Waals surface area contributed by atoms with E-state index in [0.29, 0.717) is 12.1 Å². The number of carbonyl (C=O) groups excluding carboxylic acids is 6. The first-order valence-corrected chi connectivity index (χ1v) is 22.7. The van der Waals surface area contributed by atoms with Crippen LogP contribution in [-0.4, -0.2) is 56.9 Å². The van der Waals surface area contributed by atoms with E-state index >= 15 is 0 Å². The maximum absolute atomic E-state index is 13.5. The second-order valence-corrected chi connectivity index (χ2v) is 17.0. The van der Waals surface area contributed by atoms with E-state index in [2.05, 4.69) is 0 Å². The maximum atomic E-state index is 13.5. The average Bonchev–Trinajstić information content (AvgIpc) is 3.38. The van der Waals surface area contributed by atoms with Gasteiger partial charge in [0.25, 0.3) is 0 Å². The molecule has 10 heteroatoms. The number of para-hydroxylation sites is 1. The molecule has 68 heavy (non-hydrogen) atoms. The Morgan fingerprint density at radius 3 is 1.18 bits per heavy atom. The van der Waals surface area contributed by atoms with Crippen LogP contribution in [0.1, 0.15) is 27.8 Å². The molecule has 0 aromatic heterocycles. The standard InChI is InChI=1S/2C29H24N2O3/c32-27-26(20-22-15-16-23-11-7-8-12-24(23)19-22)28(33)31(25-13-5-2-6-14-25)29(34)30(27)18-17-21-9-3-1-4-10-21;32-27-26(18-23-15-16-24-13-7-8-14-25(24)17-23)28(33)31(20-22-11-5-2-6-12-22)29(34)30(27)19-21-9-3-1-4-10-21/h1-16,19,26H,17-18,20H2;1-17,26H,18-20H2. The second kappa shape index (κ2) is 20.3. The normalized spacial score (nSPS) is 15.6. The lowest BCUT2D eigenvalue weighted by atomic mass is 9.93. The fourth-order valence-electron chi connectivity index (χ4n) is 8.86. The summed E-state index contributed by atoms with van der Waals surface area (Å²) in [7, 11) is 0. The predicted molar refractivity (Wildman–Crippen MR) is 263 cm³/mol. The van der Waals surface area contributed by atoms with Crippen LogP contribution in [0.25, 0.3) is 21.5 Å². The minimum Gasteiger partial charge on any atom is -0.273 e. The van der Waals surface area contributed by atoms with Gasteiger partial charge in [-0.3, -0.25) is 33.9 Å². The van der Waals surface area contributed by atoms with Crippen LogP contribution >= 0.6 is 0 Å². The van der Waals surface area contributed by atoms with Crippen LogP contribution in [0.2, 0.25) is 0 Å². The van der Waals surface area contributed by atoms with E-state index in [4.69, 9.17) is 0 Å². The van der Waals surface area contributed by atoms with Crippen molar-refractivity contribution in [1.82, 2.24) is 14.7 Å². The number of nitrogens with zero attached hydrogens (tertiary/aromatic N) is 4. The third kappa shape index (κ3) is 9.85. The molecule has 10 rings (SSSR count). The molecule has 10 nitrogen and oxygen atoms in total. The van der Waals surface area contributed by atoms with Crippen LogP contribution in [-0.2, 0) is 51.5 Å². The predicted octanol–water partition coefficient (Wildman–Crippen LogP) is 10.4. The smallest absolute Gasteiger partial charge is 0.273 e. The Kier molecular flexibility index (Phi) is 13.4. The number of imide groups is 4. The SMILES string of the molecule is O=C1C(Cc2ccc3ccccc3c2)C(=O)N(Cc2ccccc2)C(=O)N1Cc1ccccc1.O=C1C(Cc2ccc3ccccc3c2)C(=O)N(c2ccccc2)C(=O)N1CCc1ccccc1. The molecule has 1 unspecified atom stereocenters. The zero-order chi connectivity index (χ0) is 47.0. The molecule has 2 saturated heterocycles. The number of hydrogen-bond donors (Lipinski definition) is 0. The van der Waals surface area contributed by atoms with Crippen molar-refractivity contribution in [2.45, 2.75) is 32.4 Å². The van der Waals surface area contributed by atoms with E-state index in [1.54, 1.807) is 24.3 Å². The van der Waals surface area contributed by atoms with Gasteiger partial charge in [0.05, 0.1) is 18.8 Å². The highest BCUT2D eigenvalue weighted by molar-refractivity contribution is 6.27. The first kappa shape index (κ1) is 44.7. The van der Waals surface area contributed by atoms with E-state index in [1.807, 2.05) is 182 Å². The second-order valence-electron chi connectivity index (χ2n) is 17.0. The van der Waals surface area contributed by atoms with Crippen molar-refractivity contribution in [3.63, 3.8) is 0 Å². The summed E-state index contributed by atoms with van der Waals surface area (Å²) in [5.41, 5.74) is 4.94. The Labute approximate surface area is 394 Å². The quantitative estimate of drug-likeness (QED) is 0.113. The summed E-state index contributed by atoms with van der Waals surface area (Å²) in [6.45, 7) is 0.475. The van der Waals surface area contributed by atoms with Crippen molar-refractivity contribution in [3.05, 3.63) is 234 Å². The van der Waals surface area contributed by atoms with Gasteiger partial charge in [0, 0.05) is 6.54 Å². The number of amides is 8. The fourth-order valence-corrected chi connectivity index (χ4v) is 8.86. The largest absolute Gasteiger partial charge is 0.338 e. The van der Waals surface area contributed by atoms with Crippen molar-refractivity contribution in [3.8, 4) is 0 Å². The third-order valence-corrected chi connectivity index (χ3v) is 12.5. The maximum Gasteiger partial charge on any atom is 0.338 e. The molecule has 0 bridgehead atoms. The Morgan fingerprint density at radius 2 is 0.706 bits per heavy atom. The molecule has 0 radical (unpaired) electrons. The summed E-state index contributed by atoms with van der Waals surface area (Å²) < 4.78 is 0. The van der Waals surface area contributed by atoms with Crippen LogP contribution in [0.15, 0.2) is 206 Å². The molecular weight excluding hydrogens is 849 g/mol. The third-order valence-electron chi connectivity index (χ3n) is 12.5. The summed E-state index contributed by atoms with van der Waals surface area (Å²) in [5.74, 6) is -3.73. The lowest BCUT2D eigenvalue weighted by molar-refractivity contribution is -0.150. The fraction of sp³-hybridized carbons (Fsp3) is 0.138. The van der Waals surface area contributed by atoms with Gasteiger partial charge in [-0.05, 0) is 80.8 Å². The van der Waals surface area contributed by atoms with Gasteiger partial charge in [-0.25, -0.2) is 14.5 Å². The van der Waals surface area contributed by atoms with Crippen molar-refractivity contribution < 1.29 is 28.8 Å². The van der Waals surface area contributed by atoms with Crippen LogP contribution in [0.5, 0.6) is 0 Å². The van der Waals surface area contributed by atoms with Gasteiger partial charge < -0.3 is 0 Å². The molecule has 0 N–H and O–H groups in total. The highest BCUT2D eigenvalue weighted by Crippen LogP contribution is 2.30. The molecule has 2 aliphatic rings. The zero-order valence-electron chi connectivity index (χ0n) is 37.3. The molecule has 0 saturated carbocycles. The molecule has 336 valence electrons. The highest BCUT2D eigenvalue weighted by Gasteiger charge is 2.47. The molecule has 0 aliphatic carbocycles. The van der Waals surface area contributed by atoms with Gasteiger partial charge in [0.2, 0.25) is 23.6 Å². The van der Waals surface area contributed by atoms with Crippen LogP contribution in [0.4, 0.5) is 15.3 Å². The number of anilines is 1. The van der Waals surface area contributed by atoms with Gasteiger partial charge in [0.1, 0.15) is 11.8 Å². The van der Waals surface area contributed by atoms with E-state index in [9.17, 15) is 28.8 Å². The Hall–Kier alpha value is -8.50. The molecule has 2 aliphatic heterocycles. The van der Waals surface area contributed by atoms with E-state index < -0.39 is 47.5 Å². The lowest BCUT2D eigenvalue weighted by Gasteiger charge is -2.37. The molecule has 2 heterocycles. The number of fused-ring (bicyclic) bond motifs is 2. The van der Waals surface area contributed by atoms with Gasteiger partial charge in [-0.1, -0.05) is 194 Å². The molecule has 8 aromatic rings. The number of hydrogen-bond acceptors (Lipinski definition) is 6. The number of urea groups is 2. The molecular formula is C58H48N4O6. The van der Waals surface area contributed by atoms with Crippen LogP contribution < -0.4 is 4.90 Å². The molecule has 0 spiro atoms. The summed E-state index contributed by atoms with van der Waals surface area (Å²) in [5, 5.41) is 4.29. The number of carbonyl (C=O) groups is 6. The van der Waals surface area contributed by atoms with Gasteiger partial charge in [-0.2, -0.15) is 0 Å². The first-order chi connectivity index (χ1) is 33.2. The summed E-state index contributed by atoms with van der Waals surface area (Å²) in [6, 6.07) is 63.9. The highest BCUT2D eigenvalue weighted by atomic mass is 16.2. The Morgan fingerprint density at radius 1 is 0.324 bits per heavy atom. The number of barbiturate groups is 2. The molecule has 8 amide bonds. The Balaban J connectivity index is 0.000000170. The molecule has 2 fully saturated rings. The van der Waals surface area contributed by atoms with Gasteiger partial charge in [-0.15, -0.1) is 0 Å². The van der Waals surface area contributed by atoms with Crippen LogP contribution in [0.3, 0.4) is 0 Å². The van der Waals surface area contributed by atoms with Crippen molar-refractivity contribution >= 4 is 62.9 Å². The van der Waals surface area contributed by atoms with Crippen LogP contribution in [0, 0.1) is 11.8 Å². The van der Waals surface area contributed by atoms with Crippen molar-refractivity contribution in [1.29, 1.82) is 0 Å². The van der Waals surface area contributed by atoms with Crippen molar-refractivity contribution in [2.75, 3.05) is 11.4 Å². The minimum absolute atomic E-state index is 0.130. The molecule has 1 atom stereocenters. The van der Waals surface area contributed by atoms with E-state index in [0.717, 1.165) is 54.3 Å². The number of benzene rings is 8. The topological polar surface area (TPSA) is 115 Å². The zero-order valence-corrected chi connectivity index (χ0v) is 37.3. The van der Waals surface area contributed by atoms with Gasteiger partial charge in [0.15, 0.2) is 0 Å². The van der Waals surface area contributed by atoms with E-state index in [1.165, 1.54) is 14.7 Å².